The highest BCUT2D eigenvalue weighted by molar-refractivity contribution is 5.73. The van der Waals surface area contributed by atoms with Gasteiger partial charge in [-0.15, -0.1) is 0 Å². The van der Waals surface area contributed by atoms with Crippen LogP contribution in [0.15, 0.2) is 64.2 Å². The number of rotatable bonds is 6. The minimum Gasteiger partial charge on any atom is -0.337 e. The van der Waals surface area contributed by atoms with E-state index < -0.39 is 0 Å². The van der Waals surface area contributed by atoms with Crippen LogP contribution in [0, 0.1) is 11.6 Å². The second-order valence-electron chi connectivity index (χ2n) is 8.82. The Morgan fingerprint density at radius 2 is 1.67 bits per heavy atom. The number of hydrogen-bond acceptors (Lipinski definition) is 4. The third-order valence-electron chi connectivity index (χ3n) is 6.74. The molecule has 2 atom stereocenters. The van der Waals surface area contributed by atoms with E-state index in [1.807, 2.05) is 6.07 Å². The van der Waals surface area contributed by atoms with Gasteiger partial charge in [-0.25, -0.2) is 8.78 Å². The first-order valence-electron chi connectivity index (χ1n) is 11.4. The van der Waals surface area contributed by atoms with Crippen LogP contribution in [0.4, 0.5) is 20.2 Å². The van der Waals surface area contributed by atoms with Gasteiger partial charge >= 0.3 is 0 Å². The Balaban J connectivity index is 1.27. The summed E-state index contributed by atoms with van der Waals surface area (Å²) in [5.41, 5.74) is 2.43. The maximum absolute atomic E-state index is 14.1. The number of fused-ring (bicyclic) bond motifs is 3. The van der Waals surface area contributed by atoms with Gasteiger partial charge in [-0.1, -0.05) is 0 Å². The van der Waals surface area contributed by atoms with Crippen molar-refractivity contribution in [2.45, 2.75) is 37.8 Å². The molecule has 0 aliphatic carbocycles. The third kappa shape index (κ3) is 4.35. The van der Waals surface area contributed by atoms with Crippen molar-refractivity contribution < 1.29 is 8.78 Å². The molecule has 0 spiro atoms. The Morgan fingerprint density at radius 1 is 0.909 bits per heavy atom. The number of nitrogens with one attached hydrogen (secondary N) is 1. The summed E-state index contributed by atoms with van der Waals surface area (Å²) >= 11 is 0. The fraction of sp³-hybridized carbons (Fsp3) is 0.360. The fourth-order valence-electron chi connectivity index (χ4n) is 5.21. The highest BCUT2D eigenvalue weighted by Gasteiger charge is 2.42. The van der Waals surface area contributed by atoms with E-state index in [-0.39, 0.29) is 34.7 Å². The average molecular weight is 453 g/mol. The van der Waals surface area contributed by atoms with Crippen LogP contribution in [0.2, 0.25) is 0 Å². The lowest BCUT2D eigenvalue weighted by atomic mass is 9.89. The molecule has 0 amide bonds. The zero-order valence-corrected chi connectivity index (χ0v) is 18.2. The van der Waals surface area contributed by atoms with E-state index in [1.54, 1.807) is 18.2 Å². The number of aryl methyl sites for hydroxylation is 1. The lowest BCUT2D eigenvalue weighted by Gasteiger charge is -2.39. The minimum absolute atomic E-state index is 0.169. The number of nitrogens with zero attached hydrogens (tertiary/aromatic N) is 3. The van der Waals surface area contributed by atoms with Crippen LogP contribution in [0.5, 0.6) is 0 Å². The number of H-pyrrole nitrogens is 1. The van der Waals surface area contributed by atoms with Crippen LogP contribution in [-0.2, 0) is 6.54 Å². The molecule has 8 heteroatoms. The summed E-state index contributed by atoms with van der Waals surface area (Å²) in [4.78, 5) is 27.9. The van der Waals surface area contributed by atoms with E-state index in [2.05, 4.69) is 14.9 Å². The highest BCUT2D eigenvalue weighted by atomic mass is 19.1. The van der Waals surface area contributed by atoms with Crippen molar-refractivity contribution >= 4 is 11.4 Å². The van der Waals surface area contributed by atoms with E-state index >= 15 is 0 Å². The smallest absolute Gasteiger partial charge is 0.265 e. The van der Waals surface area contributed by atoms with Crippen molar-refractivity contribution in [2.75, 3.05) is 24.5 Å². The summed E-state index contributed by atoms with van der Waals surface area (Å²) in [5.74, 6) is -0.346. The summed E-state index contributed by atoms with van der Waals surface area (Å²) in [6.07, 6.45) is 2.58. The summed E-state index contributed by atoms with van der Waals surface area (Å²) in [5, 5.41) is 2.55. The van der Waals surface area contributed by atoms with Crippen LogP contribution < -0.4 is 16.0 Å². The molecule has 172 valence electrons. The Kier molecular flexibility index (Phi) is 5.85. The molecular weight excluding hydrogens is 426 g/mol. The molecule has 1 aromatic heterocycles. The zero-order valence-electron chi connectivity index (χ0n) is 18.2. The van der Waals surface area contributed by atoms with Crippen molar-refractivity contribution in [1.82, 2.24) is 14.7 Å². The number of aromatic nitrogens is 2. The number of piperidine rings is 1. The van der Waals surface area contributed by atoms with E-state index in [0.717, 1.165) is 55.8 Å². The number of aromatic amines is 1. The summed E-state index contributed by atoms with van der Waals surface area (Å²) in [6, 6.07) is 14.2. The van der Waals surface area contributed by atoms with Gasteiger partial charge in [0.2, 0.25) is 0 Å². The molecule has 2 aromatic carbocycles. The number of anilines is 2. The summed E-state index contributed by atoms with van der Waals surface area (Å²) < 4.78 is 29.0. The van der Waals surface area contributed by atoms with Crippen LogP contribution in [-0.4, -0.2) is 40.4 Å². The Bertz CT molecular complexity index is 1250. The van der Waals surface area contributed by atoms with Gasteiger partial charge in [-0.2, -0.15) is 0 Å². The number of likely N-dealkylation sites (tertiary alicyclic amines) is 1. The number of unbranched alkanes of at least 4 members (excludes halogenated alkanes) is 1. The molecule has 33 heavy (non-hydrogen) atoms. The van der Waals surface area contributed by atoms with Gasteiger partial charge in [0.15, 0.2) is 0 Å². The van der Waals surface area contributed by atoms with Gasteiger partial charge < -0.3 is 9.80 Å². The SMILES string of the molecule is O=c1ccc(=O)n(CCCCN2CC[C@@H]3[C@@H](C2)c2cc(F)ccc2N3c2ccc(F)cc2)[nH]1. The van der Waals surface area contributed by atoms with Crippen LogP contribution in [0.25, 0.3) is 0 Å². The predicted molar refractivity (Wildman–Crippen MR) is 123 cm³/mol. The van der Waals surface area contributed by atoms with E-state index in [4.69, 9.17) is 0 Å². The van der Waals surface area contributed by atoms with Crippen LogP contribution in [0.1, 0.15) is 30.7 Å². The highest BCUT2D eigenvalue weighted by Crippen LogP contribution is 2.48. The fourth-order valence-corrected chi connectivity index (χ4v) is 5.21. The van der Waals surface area contributed by atoms with E-state index in [0.29, 0.717) is 6.54 Å². The first-order valence-corrected chi connectivity index (χ1v) is 11.4. The van der Waals surface area contributed by atoms with E-state index in [9.17, 15) is 18.4 Å². The molecule has 5 rings (SSSR count). The van der Waals surface area contributed by atoms with Gasteiger partial charge in [-0.05, 0) is 73.8 Å². The third-order valence-corrected chi connectivity index (χ3v) is 6.74. The van der Waals surface area contributed by atoms with Crippen molar-refractivity contribution in [1.29, 1.82) is 0 Å². The van der Waals surface area contributed by atoms with Crippen molar-refractivity contribution in [3.63, 3.8) is 0 Å². The molecule has 0 unspecified atom stereocenters. The second-order valence-corrected chi connectivity index (χ2v) is 8.82. The van der Waals surface area contributed by atoms with Crippen LogP contribution in [0.3, 0.4) is 0 Å². The summed E-state index contributed by atoms with van der Waals surface area (Å²) in [7, 11) is 0. The van der Waals surface area contributed by atoms with E-state index in [1.165, 1.54) is 35.0 Å². The van der Waals surface area contributed by atoms with Gasteiger partial charge in [0.05, 0.1) is 0 Å². The van der Waals surface area contributed by atoms with Crippen LogP contribution >= 0.6 is 0 Å². The lowest BCUT2D eigenvalue weighted by Crippen LogP contribution is -2.45. The molecule has 1 fully saturated rings. The molecule has 3 aromatic rings. The lowest BCUT2D eigenvalue weighted by molar-refractivity contribution is 0.192. The molecule has 1 saturated heterocycles. The summed E-state index contributed by atoms with van der Waals surface area (Å²) in [6.45, 7) is 3.08. The van der Waals surface area contributed by atoms with Gasteiger partial charge in [0.25, 0.3) is 11.1 Å². The zero-order chi connectivity index (χ0) is 22.9. The molecule has 0 bridgehead atoms. The van der Waals surface area contributed by atoms with Gasteiger partial charge in [0.1, 0.15) is 11.6 Å². The molecule has 3 heterocycles. The maximum Gasteiger partial charge on any atom is 0.265 e. The van der Waals surface area contributed by atoms with Crippen molar-refractivity contribution in [2.24, 2.45) is 0 Å². The van der Waals surface area contributed by atoms with Crippen molar-refractivity contribution in [3.8, 4) is 0 Å². The first-order chi connectivity index (χ1) is 16.0. The number of halogens is 2. The maximum atomic E-state index is 14.1. The number of benzene rings is 2. The quantitative estimate of drug-likeness (QED) is 0.581. The Labute approximate surface area is 190 Å². The molecular formula is C25H26F2N4O2. The average Bonchev–Trinajstić information content (AvgIpc) is 3.12. The molecule has 2 aliphatic rings. The molecule has 2 aliphatic heterocycles. The second kappa shape index (κ2) is 8.94. The first kappa shape index (κ1) is 21.6. The molecule has 0 radical (unpaired) electrons. The van der Waals surface area contributed by atoms with Crippen molar-refractivity contribution in [3.05, 3.63) is 92.5 Å². The molecule has 1 N–H and O–H groups in total. The number of hydrogen-bond donors (Lipinski definition) is 1. The topological polar surface area (TPSA) is 61.3 Å². The largest absolute Gasteiger partial charge is 0.337 e. The molecule has 0 saturated carbocycles. The minimum atomic E-state index is -0.283. The van der Waals surface area contributed by atoms with Gasteiger partial charge in [-0.3, -0.25) is 19.4 Å². The standard InChI is InChI=1S/C25H26F2N4O2/c26-17-3-6-19(7-4-17)31-22-8-5-18(27)15-20(22)21-16-29(14-11-23(21)31)12-1-2-13-30-25(33)10-9-24(32)28-30/h3-10,15,21,23H,1-2,11-14,16H2,(H,28,32)/t21-,23+/m0/s1. The predicted octanol–water partition coefficient (Wildman–Crippen LogP) is 3.60. The normalized spacial score (nSPS) is 20.0. The Hall–Kier alpha value is -3.26. The monoisotopic (exact) mass is 452 g/mol. The molecule has 6 nitrogen and oxygen atoms in total. The van der Waals surface area contributed by atoms with Gasteiger partial charge in [0, 0.05) is 55.1 Å². The Morgan fingerprint density at radius 3 is 2.48 bits per heavy atom.